The fraction of sp³-hybridized carbons (Fsp3) is 0.933. The molecule has 37 heavy (non-hydrogen) atoms. The summed E-state index contributed by atoms with van der Waals surface area (Å²) >= 11 is 0. The normalized spacial score (nSPS) is 44.9. The maximum absolute atomic E-state index is 12.8. The monoisotopic (exact) mass is 535 g/mol. The van der Waals surface area contributed by atoms with Gasteiger partial charge in [-0.25, -0.2) is 0 Å². The van der Waals surface area contributed by atoms with Crippen LogP contribution >= 0.6 is 0 Å². The standard InChI is InChI=1S/C30H49NO5S/c1-19(8-13-28(33)31-26-6-4-5-7-27(26)37(34,35)36)23-11-12-24-22-10-9-20-18-21(32)14-16-29(20,2)25(22)15-17-30(23,24)3/h19-20,22-27H,4-18H2,1-3H3,(H,31,33)(H,34,35,36)/t19-,20-,22+,23-,24+,25+,26-,27+,29+,30-/m1/s1. The number of rotatable bonds is 6. The number of Topliss-reactive ketones (excluding diaryl/α,β-unsaturated/α-hetero) is 1. The van der Waals surface area contributed by atoms with Gasteiger partial charge in [-0.15, -0.1) is 0 Å². The summed E-state index contributed by atoms with van der Waals surface area (Å²) in [4.78, 5) is 25.0. The zero-order chi connectivity index (χ0) is 26.6. The molecule has 1 amide bonds. The van der Waals surface area contributed by atoms with Crippen LogP contribution in [0.3, 0.4) is 0 Å². The average Bonchev–Trinajstić information content (AvgIpc) is 3.20. The second kappa shape index (κ2) is 10.2. The minimum Gasteiger partial charge on any atom is -0.352 e. The van der Waals surface area contributed by atoms with Gasteiger partial charge in [0.05, 0.1) is 0 Å². The summed E-state index contributed by atoms with van der Waals surface area (Å²) < 4.78 is 33.2. The largest absolute Gasteiger partial charge is 0.352 e. The van der Waals surface area contributed by atoms with Gasteiger partial charge in [0.15, 0.2) is 0 Å². The summed E-state index contributed by atoms with van der Waals surface area (Å²) in [5.74, 6) is 4.41. The average molecular weight is 536 g/mol. The van der Waals surface area contributed by atoms with E-state index in [0.29, 0.717) is 53.6 Å². The number of carbonyl (C=O) groups is 2. The minimum atomic E-state index is -4.14. The third kappa shape index (κ3) is 5.05. The zero-order valence-corrected chi connectivity index (χ0v) is 24.0. The molecule has 6 nitrogen and oxygen atoms in total. The van der Waals surface area contributed by atoms with Crippen LogP contribution in [0.5, 0.6) is 0 Å². The molecule has 0 aromatic carbocycles. The summed E-state index contributed by atoms with van der Waals surface area (Å²) in [6.45, 7) is 7.38. The van der Waals surface area contributed by atoms with Crippen LogP contribution in [0.15, 0.2) is 0 Å². The molecule has 5 fully saturated rings. The molecule has 0 saturated heterocycles. The van der Waals surface area contributed by atoms with Crippen LogP contribution in [0.1, 0.15) is 117 Å². The Hall–Kier alpha value is -0.950. The van der Waals surface area contributed by atoms with Crippen molar-refractivity contribution in [2.75, 3.05) is 0 Å². The number of nitrogens with one attached hydrogen (secondary N) is 1. The van der Waals surface area contributed by atoms with Crippen LogP contribution in [-0.2, 0) is 19.7 Å². The van der Waals surface area contributed by atoms with Crippen LogP contribution in [0.2, 0.25) is 0 Å². The van der Waals surface area contributed by atoms with Crippen molar-refractivity contribution in [3.05, 3.63) is 0 Å². The molecule has 0 spiro atoms. The molecule has 5 aliphatic carbocycles. The van der Waals surface area contributed by atoms with Crippen molar-refractivity contribution in [3.8, 4) is 0 Å². The lowest BCUT2D eigenvalue weighted by molar-refractivity contribution is -0.140. The van der Waals surface area contributed by atoms with Gasteiger partial charge in [0.25, 0.3) is 10.1 Å². The highest BCUT2D eigenvalue weighted by atomic mass is 32.2. The molecule has 0 aromatic rings. The van der Waals surface area contributed by atoms with E-state index in [2.05, 4.69) is 26.1 Å². The highest BCUT2D eigenvalue weighted by molar-refractivity contribution is 7.86. The van der Waals surface area contributed by atoms with Crippen molar-refractivity contribution >= 4 is 21.8 Å². The van der Waals surface area contributed by atoms with Gasteiger partial charge in [0.1, 0.15) is 11.0 Å². The van der Waals surface area contributed by atoms with Crippen molar-refractivity contribution in [1.29, 1.82) is 0 Å². The van der Waals surface area contributed by atoms with Crippen molar-refractivity contribution in [1.82, 2.24) is 5.32 Å². The predicted molar refractivity (Wildman–Crippen MR) is 144 cm³/mol. The van der Waals surface area contributed by atoms with Crippen LogP contribution < -0.4 is 5.32 Å². The molecule has 0 bridgehead atoms. The van der Waals surface area contributed by atoms with Gasteiger partial charge in [-0.3, -0.25) is 14.1 Å². The maximum Gasteiger partial charge on any atom is 0.269 e. The van der Waals surface area contributed by atoms with E-state index in [-0.39, 0.29) is 5.91 Å². The number of hydrogen-bond acceptors (Lipinski definition) is 4. The van der Waals surface area contributed by atoms with E-state index in [0.717, 1.165) is 56.3 Å². The smallest absolute Gasteiger partial charge is 0.269 e. The Kier molecular flexibility index (Phi) is 7.63. The third-order valence-corrected chi connectivity index (χ3v) is 13.8. The van der Waals surface area contributed by atoms with Gasteiger partial charge in [-0.2, -0.15) is 8.42 Å². The van der Waals surface area contributed by atoms with Crippen molar-refractivity contribution < 1.29 is 22.6 Å². The Balaban J connectivity index is 1.19. The Bertz CT molecular complexity index is 996. The first-order chi connectivity index (χ1) is 17.4. The zero-order valence-electron chi connectivity index (χ0n) is 23.2. The Morgan fingerprint density at radius 3 is 2.49 bits per heavy atom. The molecule has 7 heteroatoms. The van der Waals surface area contributed by atoms with Crippen LogP contribution in [0.4, 0.5) is 0 Å². The van der Waals surface area contributed by atoms with Crippen LogP contribution in [-0.4, -0.2) is 36.0 Å². The first kappa shape index (κ1) is 27.6. The molecule has 210 valence electrons. The minimum absolute atomic E-state index is 0.0751. The number of hydrogen-bond donors (Lipinski definition) is 2. The van der Waals surface area contributed by atoms with Gasteiger partial charge < -0.3 is 5.32 Å². The number of carbonyl (C=O) groups excluding carboxylic acids is 2. The lowest BCUT2D eigenvalue weighted by Gasteiger charge is -2.60. The molecule has 5 saturated carbocycles. The first-order valence-corrected chi connectivity index (χ1v) is 16.7. The summed E-state index contributed by atoms with van der Waals surface area (Å²) in [5, 5.41) is 2.09. The lowest BCUT2D eigenvalue weighted by Crippen LogP contribution is -2.53. The molecular formula is C30H49NO5S. The molecular weight excluding hydrogens is 486 g/mol. The third-order valence-electron chi connectivity index (χ3n) is 12.5. The number of ketones is 1. The predicted octanol–water partition coefficient (Wildman–Crippen LogP) is 5.95. The number of fused-ring (bicyclic) bond motifs is 5. The van der Waals surface area contributed by atoms with Gasteiger partial charge in [0.2, 0.25) is 5.91 Å². The SMILES string of the molecule is C[C@H](CCC(=O)N[C@@H]1CCCC[C@@H]1S(=O)(=O)O)[C@H]1CC[C@H]2[C@@H]3CC[C@@H]4CC(=O)CC[C@]4(C)[C@H]3CC[C@]12C. The second-order valence-corrected chi connectivity index (χ2v) is 15.8. The fourth-order valence-electron chi connectivity index (χ4n) is 10.5. The summed E-state index contributed by atoms with van der Waals surface area (Å²) in [6.07, 6.45) is 14.3. The molecule has 0 aromatic heterocycles. The van der Waals surface area contributed by atoms with Gasteiger partial charge in [-0.1, -0.05) is 33.6 Å². The van der Waals surface area contributed by atoms with Gasteiger partial charge in [-0.05, 0) is 111 Å². The highest BCUT2D eigenvalue weighted by Gasteiger charge is 2.60. The Morgan fingerprint density at radius 2 is 1.73 bits per heavy atom. The summed E-state index contributed by atoms with van der Waals surface area (Å²) in [7, 11) is -4.14. The topological polar surface area (TPSA) is 101 Å². The van der Waals surface area contributed by atoms with E-state index in [1.807, 2.05) is 0 Å². The molecule has 0 unspecified atom stereocenters. The van der Waals surface area contributed by atoms with Crippen molar-refractivity contribution in [3.63, 3.8) is 0 Å². The van der Waals surface area contributed by atoms with Crippen LogP contribution in [0.25, 0.3) is 0 Å². The molecule has 0 heterocycles. The first-order valence-electron chi connectivity index (χ1n) is 15.2. The molecule has 10 atom stereocenters. The van der Waals surface area contributed by atoms with E-state index in [4.69, 9.17) is 0 Å². The van der Waals surface area contributed by atoms with Crippen molar-refractivity contribution in [2.24, 2.45) is 46.3 Å². The van der Waals surface area contributed by atoms with E-state index >= 15 is 0 Å². The summed E-state index contributed by atoms with van der Waals surface area (Å²) in [5.41, 5.74) is 0.684. The van der Waals surface area contributed by atoms with E-state index in [1.54, 1.807) is 0 Å². The molecule has 5 rings (SSSR count). The fourth-order valence-corrected chi connectivity index (χ4v) is 11.6. The van der Waals surface area contributed by atoms with Crippen LogP contribution in [0, 0.1) is 46.3 Å². The van der Waals surface area contributed by atoms with Gasteiger partial charge >= 0.3 is 0 Å². The van der Waals surface area contributed by atoms with Crippen molar-refractivity contribution in [2.45, 2.75) is 128 Å². The van der Waals surface area contributed by atoms with Gasteiger partial charge in [0, 0.05) is 25.3 Å². The van der Waals surface area contributed by atoms with E-state index in [9.17, 15) is 22.6 Å². The lowest BCUT2D eigenvalue weighted by atomic mass is 9.44. The number of amides is 1. The molecule has 0 aliphatic heterocycles. The van der Waals surface area contributed by atoms with E-state index in [1.165, 1.54) is 38.5 Å². The molecule has 5 aliphatic rings. The maximum atomic E-state index is 12.8. The summed E-state index contributed by atoms with van der Waals surface area (Å²) in [6, 6.07) is -0.471. The second-order valence-electron chi connectivity index (χ2n) is 14.2. The molecule has 2 N–H and O–H groups in total. The Labute approximate surface area is 224 Å². The quantitative estimate of drug-likeness (QED) is 0.410. The Morgan fingerprint density at radius 1 is 1.00 bits per heavy atom. The highest BCUT2D eigenvalue weighted by Crippen LogP contribution is 2.68. The van der Waals surface area contributed by atoms with E-state index < -0.39 is 21.4 Å². The molecule has 0 radical (unpaired) electrons.